The maximum atomic E-state index is 10.5. The molecule has 0 radical (unpaired) electrons. The molecule has 0 aliphatic carbocycles. The number of carbonyl (C=O) groups is 1. The largest absolute Gasteiger partial charge is 0.366 e. The van der Waals surface area contributed by atoms with Crippen LogP contribution < -0.4 is 5.73 Å². The van der Waals surface area contributed by atoms with Crippen molar-refractivity contribution in [3.8, 4) is 0 Å². The number of H-pyrrole nitrogens is 1. The number of primary amides is 1. The van der Waals surface area contributed by atoms with E-state index in [0.29, 0.717) is 0 Å². The Balaban J connectivity index is 2.39. The zero-order valence-electron chi connectivity index (χ0n) is 7.27. The Kier molecular flexibility index (Phi) is 1.98. The Hall–Kier alpha value is -2.17. The molecule has 2 aromatic rings. The molecule has 2 heterocycles. The van der Waals surface area contributed by atoms with Crippen LogP contribution in [0.25, 0.3) is 17.1 Å². The van der Waals surface area contributed by atoms with Crippen molar-refractivity contribution in [1.82, 2.24) is 15.2 Å². The highest BCUT2D eigenvalue weighted by Crippen LogP contribution is 2.10. The second kappa shape index (κ2) is 3.29. The third-order valence-electron chi connectivity index (χ3n) is 1.75. The van der Waals surface area contributed by atoms with E-state index in [1.807, 2.05) is 6.07 Å². The van der Waals surface area contributed by atoms with Crippen LogP contribution in [-0.4, -0.2) is 21.1 Å². The third-order valence-corrected chi connectivity index (χ3v) is 1.75. The van der Waals surface area contributed by atoms with Crippen LogP contribution in [0.3, 0.4) is 0 Å². The molecule has 2 rings (SSSR count). The molecule has 3 N–H and O–H groups in total. The fraction of sp³-hybridized carbons (Fsp3) is 0. The van der Waals surface area contributed by atoms with Gasteiger partial charge in [-0.3, -0.25) is 14.9 Å². The monoisotopic (exact) mass is 188 g/mol. The summed E-state index contributed by atoms with van der Waals surface area (Å²) in [7, 11) is 0. The Morgan fingerprint density at radius 3 is 3.14 bits per heavy atom. The lowest BCUT2D eigenvalue weighted by Gasteiger charge is -1.91. The maximum absolute atomic E-state index is 10.5. The van der Waals surface area contributed by atoms with Gasteiger partial charge in [-0.15, -0.1) is 0 Å². The number of rotatable bonds is 2. The number of nitrogens with zero attached hydrogens (tertiary/aromatic N) is 2. The number of aromatic nitrogens is 3. The molecule has 5 heteroatoms. The van der Waals surface area contributed by atoms with E-state index in [1.165, 1.54) is 6.08 Å². The van der Waals surface area contributed by atoms with Crippen molar-refractivity contribution >= 4 is 23.0 Å². The fourth-order valence-corrected chi connectivity index (χ4v) is 1.12. The first-order chi connectivity index (χ1) is 6.75. The van der Waals surface area contributed by atoms with Crippen LogP contribution in [0.1, 0.15) is 5.56 Å². The predicted octanol–water partition coefficient (Wildman–Crippen LogP) is 0.456. The van der Waals surface area contributed by atoms with E-state index in [9.17, 15) is 4.79 Å². The molecule has 0 fully saturated rings. The molecule has 0 bridgehead atoms. The van der Waals surface area contributed by atoms with Gasteiger partial charge in [-0.05, 0) is 17.7 Å². The summed E-state index contributed by atoms with van der Waals surface area (Å²) in [5.41, 5.74) is 7.40. The van der Waals surface area contributed by atoms with Gasteiger partial charge in [-0.2, -0.15) is 5.10 Å². The second-order valence-corrected chi connectivity index (χ2v) is 2.81. The summed E-state index contributed by atoms with van der Waals surface area (Å²) < 4.78 is 0. The number of pyridine rings is 1. The van der Waals surface area contributed by atoms with Gasteiger partial charge >= 0.3 is 0 Å². The summed E-state index contributed by atoms with van der Waals surface area (Å²) in [6, 6.07) is 1.84. The molecule has 2 aromatic heterocycles. The molecule has 14 heavy (non-hydrogen) atoms. The molecule has 0 spiro atoms. The predicted molar refractivity (Wildman–Crippen MR) is 52.1 cm³/mol. The lowest BCUT2D eigenvalue weighted by molar-refractivity contribution is -0.113. The van der Waals surface area contributed by atoms with Gasteiger partial charge in [-0.1, -0.05) is 0 Å². The van der Waals surface area contributed by atoms with E-state index in [0.717, 1.165) is 16.6 Å². The number of amides is 1. The molecular formula is C9H8N4O. The average Bonchev–Trinajstić information content (AvgIpc) is 2.61. The maximum Gasteiger partial charge on any atom is 0.241 e. The van der Waals surface area contributed by atoms with E-state index in [1.54, 1.807) is 18.5 Å². The minimum Gasteiger partial charge on any atom is -0.366 e. The molecule has 0 aromatic carbocycles. The van der Waals surface area contributed by atoms with Crippen LogP contribution in [0.5, 0.6) is 0 Å². The van der Waals surface area contributed by atoms with Crippen LogP contribution in [0.15, 0.2) is 24.5 Å². The highest BCUT2D eigenvalue weighted by molar-refractivity contribution is 5.90. The van der Waals surface area contributed by atoms with E-state index in [-0.39, 0.29) is 0 Å². The molecule has 70 valence electrons. The van der Waals surface area contributed by atoms with Crippen molar-refractivity contribution in [2.24, 2.45) is 5.73 Å². The average molecular weight is 188 g/mol. The minimum absolute atomic E-state index is 0.477. The zero-order valence-corrected chi connectivity index (χ0v) is 7.27. The Bertz CT molecular complexity index is 500. The number of hydrogen-bond donors (Lipinski definition) is 2. The third kappa shape index (κ3) is 1.61. The van der Waals surface area contributed by atoms with Crippen LogP contribution >= 0.6 is 0 Å². The molecule has 0 unspecified atom stereocenters. The second-order valence-electron chi connectivity index (χ2n) is 2.81. The summed E-state index contributed by atoms with van der Waals surface area (Å²) in [4.78, 5) is 14.6. The Morgan fingerprint density at radius 2 is 2.36 bits per heavy atom. The first-order valence-electron chi connectivity index (χ1n) is 4.02. The summed E-state index contributed by atoms with van der Waals surface area (Å²) in [6.45, 7) is 0. The van der Waals surface area contributed by atoms with Gasteiger partial charge in [0.15, 0.2) is 0 Å². The Morgan fingerprint density at radius 1 is 1.50 bits per heavy atom. The number of fused-ring (bicyclic) bond motifs is 1. The minimum atomic E-state index is -0.477. The molecule has 0 saturated carbocycles. The summed E-state index contributed by atoms with van der Waals surface area (Å²) in [6.07, 6.45) is 6.18. The topological polar surface area (TPSA) is 84.7 Å². The molecule has 0 atom stereocenters. The molecular weight excluding hydrogens is 180 g/mol. The van der Waals surface area contributed by atoms with Gasteiger partial charge in [0.25, 0.3) is 0 Å². The van der Waals surface area contributed by atoms with Crippen molar-refractivity contribution in [1.29, 1.82) is 0 Å². The lowest BCUT2D eigenvalue weighted by atomic mass is 10.2. The van der Waals surface area contributed by atoms with Gasteiger partial charge in [-0.25, -0.2) is 0 Å². The number of hydrogen-bond acceptors (Lipinski definition) is 3. The van der Waals surface area contributed by atoms with Crippen molar-refractivity contribution in [3.63, 3.8) is 0 Å². The zero-order chi connectivity index (χ0) is 9.97. The molecule has 1 amide bonds. The van der Waals surface area contributed by atoms with E-state index in [2.05, 4.69) is 15.2 Å². The SMILES string of the molecule is NC(=O)C=Cc1cnc2cn[nH]c2c1. The normalized spacial score (nSPS) is 11.1. The van der Waals surface area contributed by atoms with Crippen LogP contribution in [0.2, 0.25) is 0 Å². The van der Waals surface area contributed by atoms with E-state index < -0.39 is 5.91 Å². The number of nitrogens with two attached hydrogens (primary N) is 1. The molecule has 0 aliphatic heterocycles. The first-order valence-corrected chi connectivity index (χ1v) is 4.02. The van der Waals surface area contributed by atoms with Gasteiger partial charge in [0.1, 0.15) is 5.52 Å². The van der Waals surface area contributed by atoms with E-state index in [4.69, 9.17) is 5.73 Å². The van der Waals surface area contributed by atoms with Gasteiger partial charge in [0, 0.05) is 12.3 Å². The summed E-state index contributed by atoms with van der Waals surface area (Å²) in [5, 5.41) is 6.62. The number of nitrogens with one attached hydrogen (secondary N) is 1. The van der Waals surface area contributed by atoms with Crippen LogP contribution in [0, 0.1) is 0 Å². The van der Waals surface area contributed by atoms with Crippen LogP contribution in [0.4, 0.5) is 0 Å². The molecule has 0 saturated heterocycles. The van der Waals surface area contributed by atoms with Crippen molar-refractivity contribution in [2.75, 3.05) is 0 Å². The van der Waals surface area contributed by atoms with E-state index >= 15 is 0 Å². The first kappa shape index (κ1) is 8.43. The summed E-state index contributed by atoms with van der Waals surface area (Å²) >= 11 is 0. The smallest absolute Gasteiger partial charge is 0.241 e. The molecule has 5 nitrogen and oxygen atoms in total. The number of carbonyl (C=O) groups excluding carboxylic acids is 1. The summed E-state index contributed by atoms with van der Waals surface area (Å²) in [5.74, 6) is -0.477. The number of aromatic amines is 1. The highest BCUT2D eigenvalue weighted by atomic mass is 16.1. The van der Waals surface area contributed by atoms with Crippen LogP contribution in [-0.2, 0) is 4.79 Å². The van der Waals surface area contributed by atoms with Crippen molar-refractivity contribution in [2.45, 2.75) is 0 Å². The van der Waals surface area contributed by atoms with Crippen molar-refractivity contribution in [3.05, 3.63) is 30.1 Å². The quantitative estimate of drug-likeness (QED) is 0.671. The molecule has 0 aliphatic rings. The Labute approximate surface area is 79.6 Å². The highest BCUT2D eigenvalue weighted by Gasteiger charge is 1.96. The fourth-order valence-electron chi connectivity index (χ4n) is 1.12. The van der Waals surface area contributed by atoms with Crippen molar-refractivity contribution < 1.29 is 4.79 Å². The van der Waals surface area contributed by atoms with Gasteiger partial charge in [0.2, 0.25) is 5.91 Å². The van der Waals surface area contributed by atoms with Gasteiger partial charge < -0.3 is 5.73 Å². The van der Waals surface area contributed by atoms with Gasteiger partial charge in [0.05, 0.1) is 11.7 Å². The standard InChI is InChI=1S/C9H8N4O/c10-9(14)2-1-6-3-7-8(11-4-6)5-12-13-7/h1-5H,(H2,10,14)(H,12,13). The lowest BCUT2D eigenvalue weighted by Crippen LogP contribution is -2.05.